The van der Waals surface area contributed by atoms with E-state index in [-0.39, 0.29) is 0 Å². The molecule has 1 saturated heterocycles. The monoisotopic (exact) mass is 280 g/mol. The van der Waals surface area contributed by atoms with Crippen molar-refractivity contribution in [3.8, 4) is 0 Å². The van der Waals surface area contributed by atoms with Crippen LogP contribution in [0.1, 0.15) is 72.6 Å². The molecule has 0 bridgehead atoms. The summed E-state index contributed by atoms with van der Waals surface area (Å²) in [5.74, 6) is 0.858. The minimum absolute atomic E-state index is 0.480. The van der Waals surface area contributed by atoms with Gasteiger partial charge in [0.05, 0.1) is 0 Å². The molecule has 20 heavy (non-hydrogen) atoms. The van der Waals surface area contributed by atoms with E-state index >= 15 is 0 Å². The van der Waals surface area contributed by atoms with E-state index in [4.69, 9.17) is 0 Å². The van der Waals surface area contributed by atoms with Crippen LogP contribution in [-0.2, 0) is 0 Å². The van der Waals surface area contributed by atoms with Crippen LogP contribution in [0.3, 0.4) is 0 Å². The molecular formula is C18H36N2. The lowest BCUT2D eigenvalue weighted by atomic mass is 9.84. The van der Waals surface area contributed by atoms with Gasteiger partial charge in [-0.2, -0.15) is 0 Å². The molecule has 0 aromatic heterocycles. The summed E-state index contributed by atoms with van der Waals surface area (Å²) < 4.78 is 0. The zero-order chi connectivity index (χ0) is 14.6. The molecule has 2 rings (SSSR count). The van der Waals surface area contributed by atoms with Crippen LogP contribution in [0.25, 0.3) is 0 Å². The fraction of sp³-hybridized carbons (Fsp3) is 1.00. The van der Waals surface area contributed by atoms with Gasteiger partial charge in [-0.3, -0.25) is 0 Å². The Morgan fingerprint density at radius 3 is 2.60 bits per heavy atom. The smallest absolute Gasteiger partial charge is 0.0159 e. The number of hydrogen-bond acceptors (Lipinski definition) is 2. The molecule has 1 heterocycles. The van der Waals surface area contributed by atoms with Gasteiger partial charge in [0.15, 0.2) is 0 Å². The SMILES string of the molecule is CCNC1C(CN2CCCCCC2CC)CCC1(C)C. The molecule has 0 spiro atoms. The number of likely N-dealkylation sites (tertiary alicyclic amines) is 1. The lowest BCUT2D eigenvalue weighted by Gasteiger charge is -2.36. The van der Waals surface area contributed by atoms with Crippen molar-refractivity contribution in [3.63, 3.8) is 0 Å². The van der Waals surface area contributed by atoms with Gasteiger partial charge in [0.25, 0.3) is 0 Å². The summed E-state index contributed by atoms with van der Waals surface area (Å²) in [6, 6.07) is 1.57. The molecule has 2 aliphatic rings. The first-order valence-corrected chi connectivity index (χ1v) is 9.06. The van der Waals surface area contributed by atoms with Crippen LogP contribution >= 0.6 is 0 Å². The average molecular weight is 280 g/mol. The maximum absolute atomic E-state index is 3.80. The highest BCUT2D eigenvalue weighted by atomic mass is 15.2. The lowest BCUT2D eigenvalue weighted by Crippen LogP contribution is -2.47. The first-order valence-electron chi connectivity index (χ1n) is 9.06. The van der Waals surface area contributed by atoms with Gasteiger partial charge in [0.1, 0.15) is 0 Å². The Balaban J connectivity index is 1.99. The van der Waals surface area contributed by atoms with Gasteiger partial charge < -0.3 is 10.2 Å². The Hall–Kier alpha value is -0.0800. The van der Waals surface area contributed by atoms with Crippen molar-refractivity contribution < 1.29 is 0 Å². The normalized spacial score (nSPS) is 35.1. The Bertz CT molecular complexity index is 287. The topological polar surface area (TPSA) is 15.3 Å². The van der Waals surface area contributed by atoms with E-state index in [2.05, 4.69) is 37.9 Å². The van der Waals surface area contributed by atoms with Gasteiger partial charge in [-0.15, -0.1) is 0 Å². The molecule has 1 N–H and O–H groups in total. The molecule has 2 heteroatoms. The second-order valence-corrected chi connectivity index (χ2v) is 7.73. The number of hydrogen-bond donors (Lipinski definition) is 1. The highest BCUT2D eigenvalue weighted by Crippen LogP contribution is 2.42. The number of nitrogens with one attached hydrogen (secondary N) is 1. The zero-order valence-electron chi connectivity index (χ0n) is 14.3. The quantitative estimate of drug-likeness (QED) is 0.817. The summed E-state index contributed by atoms with van der Waals surface area (Å²) >= 11 is 0. The van der Waals surface area contributed by atoms with Crippen LogP contribution in [0.4, 0.5) is 0 Å². The van der Waals surface area contributed by atoms with Crippen LogP contribution in [0.15, 0.2) is 0 Å². The van der Waals surface area contributed by atoms with Gasteiger partial charge in [-0.25, -0.2) is 0 Å². The summed E-state index contributed by atoms with van der Waals surface area (Å²) in [6.07, 6.45) is 9.87. The van der Waals surface area contributed by atoms with Crippen LogP contribution in [0, 0.1) is 11.3 Å². The second kappa shape index (κ2) is 7.26. The summed E-state index contributed by atoms with van der Waals surface area (Å²) in [4.78, 5) is 2.84. The molecule has 0 amide bonds. The Morgan fingerprint density at radius 1 is 1.10 bits per heavy atom. The largest absolute Gasteiger partial charge is 0.313 e. The van der Waals surface area contributed by atoms with Crippen molar-refractivity contribution in [2.24, 2.45) is 11.3 Å². The van der Waals surface area contributed by atoms with E-state index in [1.54, 1.807) is 0 Å². The standard InChI is InChI=1S/C18H36N2/c1-5-16-10-8-7-9-13-20(16)14-15-11-12-18(3,4)17(15)19-6-2/h15-17,19H,5-14H2,1-4H3. The van der Waals surface area contributed by atoms with E-state index in [0.29, 0.717) is 11.5 Å². The molecular weight excluding hydrogens is 244 g/mol. The van der Waals surface area contributed by atoms with Gasteiger partial charge in [0, 0.05) is 18.6 Å². The Labute approximate surface area is 126 Å². The van der Waals surface area contributed by atoms with Crippen LogP contribution in [0.2, 0.25) is 0 Å². The van der Waals surface area contributed by atoms with E-state index < -0.39 is 0 Å². The molecule has 2 nitrogen and oxygen atoms in total. The van der Waals surface area contributed by atoms with E-state index in [1.807, 2.05) is 0 Å². The predicted molar refractivity (Wildman–Crippen MR) is 88.1 cm³/mol. The third kappa shape index (κ3) is 3.76. The summed E-state index contributed by atoms with van der Waals surface area (Å²) in [7, 11) is 0. The average Bonchev–Trinajstić information content (AvgIpc) is 2.61. The van der Waals surface area contributed by atoms with E-state index in [0.717, 1.165) is 18.5 Å². The first-order chi connectivity index (χ1) is 9.58. The van der Waals surface area contributed by atoms with E-state index in [9.17, 15) is 0 Å². The van der Waals surface area contributed by atoms with Gasteiger partial charge >= 0.3 is 0 Å². The molecule has 0 aromatic carbocycles. The predicted octanol–water partition coefficient (Wildman–Crippen LogP) is 4.06. The molecule has 1 saturated carbocycles. The number of rotatable bonds is 5. The van der Waals surface area contributed by atoms with Crippen molar-refractivity contribution in [2.75, 3.05) is 19.6 Å². The van der Waals surface area contributed by atoms with Crippen LogP contribution < -0.4 is 5.32 Å². The fourth-order valence-corrected chi connectivity index (χ4v) is 4.62. The molecule has 1 aliphatic heterocycles. The van der Waals surface area contributed by atoms with Crippen molar-refractivity contribution in [1.29, 1.82) is 0 Å². The summed E-state index contributed by atoms with van der Waals surface area (Å²) in [6.45, 7) is 13.3. The molecule has 3 unspecified atom stereocenters. The molecule has 3 atom stereocenters. The molecule has 2 fully saturated rings. The minimum atomic E-state index is 0.480. The van der Waals surface area contributed by atoms with E-state index in [1.165, 1.54) is 58.0 Å². The van der Waals surface area contributed by atoms with Crippen LogP contribution in [-0.4, -0.2) is 36.6 Å². The van der Waals surface area contributed by atoms with Crippen molar-refractivity contribution in [1.82, 2.24) is 10.2 Å². The second-order valence-electron chi connectivity index (χ2n) is 7.73. The molecule has 0 aromatic rings. The minimum Gasteiger partial charge on any atom is -0.313 e. The van der Waals surface area contributed by atoms with Gasteiger partial charge in [-0.05, 0) is 56.5 Å². The molecule has 1 aliphatic carbocycles. The summed E-state index contributed by atoms with van der Waals surface area (Å²) in [5.41, 5.74) is 0.480. The van der Waals surface area contributed by atoms with Crippen LogP contribution in [0.5, 0.6) is 0 Å². The van der Waals surface area contributed by atoms with Gasteiger partial charge in [0.2, 0.25) is 0 Å². The Morgan fingerprint density at radius 2 is 1.90 bits per heavy atom. The summed E-state index contributed by atoms with van der Waals surface area (Å²) in [5, 5.41) is 3.80. The maximum Gasteiger partial charge on any atom is 0.0159 e. The maximum atomic E-state index is 3.80. The zero-order valence-corrected chi connectivity index (χ0v) is 14.3. The highest BCUT2D eigenvalue weighted by molar-refractivity contribution is 4.97. The van der Waals surface area contributed by atoms with Crippen molar-refractivity contribution in [2.45, 2.75) is 84.7 Å². The highest BCUT2D eigenvalue weighted by Gasteiger charge is 2.42. The first kappa shape index (κ1) is 16.3. The lowest BCUT2D eigenvalue weighted by molar-refractivity contribution is 0.141. The molecule has 118 valence electrons. The number of nitrogens with zero attached hydrogens (tertiary/aromatic N) is 1. The van der Waals surface area contributed by atoms with Crippen molar-refractivity contribution >= 4 is 0 Å². The molecule has 0 radical (unpaired) electrons. The third-order valence-corrected chi connectivity index (χ3v) is 5.84. The van der Waals surface area contributed by atoms with Crippen molar-refractivity contribution in [3.05, 3.63) is 0 Å². The fourth-order valence-electron chi connectivity index (χ4n) is 4.62. The van der Waals surface area contributed by atoms with Gasteiger partial charge in [-0.1, -0.05) is 40.5 Å². The Kier molecular flexibility index (Phi) is 5.92. The third-order valence-electron chi connectivity index (χ3n) is 5.84.